The quantitative estimate of drug-likeness (QED) is 0.867. The highest BCUT2D eigenvalue weighted by Crippen LogP contribution is 2.23. The van der Waals surface area contributed by atoms with Crippen LogP contribution in [-0.2, 0) is 4.79 Å². The Morgan fingerprint density at radius 3 is 2.82 bits per heavy atom. The lowest BCUT2D eigenvalue weighted by Gasteiger charge is -2.26. The monoisotopic (exact) mass is 232 g/mol. The number of hydrogen-bond acceptors (Lipinski definition) is 2. The zero-order valence-corrected chi connectivity index (χ0v) is 10.3. The minimum absolute atomic E-state index is 0.0700. The lowest BCUT2D eigenvalue weighted by atomic mass is 10.1. The summed E-state index contributed by atoms with van der Waals surface area (Å²) in [5.74, 6) is 0.0700. The molecule has 17 heavy (non-hydrogen) atoms. The molecule has 3 heteroatoms. The highest BCUT2D eigenvalue weighted by atomic mass is 16.2. The molecule has 0 aromatic heterocycles. The van der Waals surface area contributed by atoms with Crippen LogP contribution in [0.4, 0.5) is 0 Å². The van der Waals surface area contributed by atoms with Crippen molar-refractivity contribution >= 4 is 5.91 Å². The molecule has 1 fully saturated rings. The van der Waals surface area contributed by atoms with Gasteiger partial charge in [-0.1, -0.05) is 37.3 Å². The largest absolute Gasteiger partial charge is 0.338 e. The molecule has 1 heterocycles. The Morgan fingerprint density at radius 2 is 2.18 bits per heavy atom. The molecule has 1 amide bonds. The summed E-state index contributed by atoms with van der Waals surface area (Å²) < 4.78 is 0. The van der Waals surface area contributed by atoms with Crippen molar-refractivity contribution in [2.24, 2.45) is 5.73 Å². The van der Waals surface area contributed by atoms with Gasteiger partial charge in [0.25, 0.3) is 0 Å². The van der Waals surface area contributed by atoms with Crippen molar-refractivity contribution in [3.05, 3.63) is 35.9 Å². The van der Waals surface area contributed by atoms with E-state index in [-0.39, 0.29) is 5.91 Å². The van der Waals surface area contributed by atoms with Gasteiger partial charge in [-0.25, -0.2) is 0 Å². The van der Waals surface area contributed by atoms with Crippen molar-refractivity contribution in [3.8, 4) is 0 Å². The first-order valence-corrected chi connectivity index (χ1v) is 6.35. The first kappa shape index (κ1) is 12.1. The highest BCUT2D eigenvalue weighted by molar-refractivity contribution is 5.83. The molecule has 1 saturated heterocycles. The van der Waals surface area contributed by atoms with Gasteiger partial charge in [0.2, 0.25) is 5.91 Å². The molecule has 0 aliphatic carbocycles. The molecule has 1 aromatic rings. The number of amides is 1. The van der Waals surface area contributed by atoms with Crippen molar-refractivity contribution in [1.29, 1.82) is 0 Å². The van der Waals surface area contributed by atoms with Crippen LogP contribution in [0, 0.1) is 0 Å². The fourth-order valence-electron chi connectivity index (χ4n) is 2.53. The summed E-state index contributed by atoms with van der Waals surface area (Å²) in [6.07, 6.45) is 3.24. The molecule has 0 bridgehead atoms. The fourth-order valence-corrected chi connectivity index (χ4v) is 2.53. The molecule has 0 radical (unpaired) electrons. The van der Waals surface area contributed by atoms with E-state index in [2.05, 4.69) is 6.92 Å². The Balaban J connectivity index is 2.10. The normalized spacial score (nSPS) is 21.5. The van der Waals surface area contributed by atoms with Crippen LogP contribution < -0.4 is 5.73 Å². The number of rotatable bonds is 3. The van der Waals surface area contributed by atoms with E-state index in [4.69, 9.17) is 5.73 Å². The zero-order valence-electron chi connectivity index (χ0n) is 10.3. The molecule has 1 unspecified atom stereocenters. The lowest BCUT2D eigenvalue weighted by Crippen LogP contribution is -2.41. The summed E-state index contributed by atoms with van der Waals surface area (Å²) in [7, 11) is 0. The van der Waals surface area contributed by atoms with Crippen molar-refractivity contribution < 1.29 is 4.79 Å². The number of benzene rings is 1. The molecule has 0 saturated carbocycles. The van der Waals surface area contributed by atoms with E-state index in [9.17, 15) is 4.79 Å². The van der Waals surface area contributed by atoms with E-state index in [0.29, 0.717) is 6.04 Å². The van der Waals surface area contributed by atoms with Crippen LogP contribution in [0.5, 0.6) is 0 Å². The molecule has 2 N–H and O–H groups in total. The number of nitrogens with zero attached hydrogens (tertiary/aromatic N) is 1. The Kier molecular flexibility index (Phi) is 3.79. The molecular formula is C14H20N2O. The van der Waals surface area contributed by atoms with Gasteiger partial charge in [-0.3, -0.25) is 4.79 Å². The van der Waals surface area contributed by atoms with Crippen LogP contribution in [0.3, 0.4) is 0 Å². The molecule has 2 atom stereocenters. The van der Waals surface area contributed by atoms with Crippen LogP contribution in [0.25, 0.3) is 0 Å². The third-order valence-electron chi connectivity index (χ3n) is 3.56. The molecule has 92 valence electrons. The summed E-state index contributed by atoms with van der Waals surface area (Å²) in [6.45, 7) is 2.99. The van der Waals surface area contributed by atoms with Crippen LogP contribution in [0.2, 0.25) is 0 Å². The smallest absolute Gasteiger partial charge is 0.244 e. The van der Waals surface area contributed by atoms with E-state index in [1.165, 1.54) is 0 Å². The van der Waals surface area contributed by atoms with E-state index < -0.39 is 6.04 Å². The van der Waals surface area contributed by atoms with Gasteiger partial charge in [-0.05, 0) is 24.8 Å². The highest BCUT2D eigenvalue weighted by Gasteiger charge is 2.30. The van der Waals surface area contributed by atoms with Crippen molar-refractivity contribution in [2.45, 2.75) is 38.3 Å². The van der Waals surface area contributed by atoms with Gasteiger partial charge in [-0.2, -0.15) is 0 Å². The number of carbonyl (C=O) groups excluding carboxylic acids is 1. The Hall–Kier alpha value is -1.35. The summed E-state index contributed by atoms with van der Waals surface area (Å²) in [5.41, 5.74) is 6.95. The van der Waals surface area contributed by atoms with Gasteiger partial charge < -0.3 is 10.6 Å². The molecule has 2 rings (SSSR count). The lowest BCUT2D eigenvalue weighted by molar-refractivity contribution is -0.133. The van der Waals surface area contributed by atoms with Gasteiger partial charge >= 0.3 is 0 Å². The predicted octanol–water partition coefficient (Wildman–Crippen LogP) is 2.09. The second kappa shape index (κ2) is 5.32. The summed E-state index contributed by atoms with van der Waals surface area (Å²) in [5, 5.41) is 0. The van der Waals surface area contributed by atoms with E-state index in [0.717, 1.165) is 31.4 Å². The van der Waals surface area contributed by atoms with Gasteiger partial charge in [0.15, 0.2) is 0 Å². The first-order valence-electron chi connectivity index (χ1n) is 6.35. The molecule has 1 aliphatic heterocycles. The molecule has 0 spiro atoms. The average Bonchev–Trinajstić information content (AvgIpc) is 2.86. The minimum Gasteiger partial charge on any atom is -0.338 e. The molecule has 1 aliphatic rings. The SMILES string of the molecule is CCC1CCCN1C(=O)[C@@H](N)c1ccccc1. The van der Waals surface area contributed by atoms with Crippen molar-refractivity contribution in [2.75, 3.05) is 6.54 Å². The van der Waals surface area contributed by atoms with E-state index >= 15 is 0 Å². The summed E-state index contributed by atoms with van der Waals surface area (Å²) in [4.78, 5) is 14.3. The standard InChI is InChI=1S/C14H20N2O/c1-2-12-9-6-10-16(12)14(17)13(15)11-7-4-3-5-8-11/h3-5,7-8,12-13H,2,6,9-10,15H2,1H3/t12?,13-/m0/s1. The van der Waals surface area contributed by atoms with Crippen molar-refractivity contribution in [1.82, 2.24) is 4.90 Å². The number of likely N-dealkylation sites (tertiary alicyclic amines) is 1. The van der Waals surface area contributed by atoms with Crippen LogP contribution in [-0.4, -0.2) is 23.4 Å². The van der Waals surface area contributed by atoms with Gasteiger partial charge in [0, 0.05) is 12.6 Å². The second-order valence-corrected chi connectivity index (χ2v) is 4.62. The van der Waals surface area contributed by atoms with Crippen LogP contribution >= 0.6 is 0 Å². The zero-order chi connectivity index (χ0) is 12.3. The van der Waals surface area contributed by atoms with Crippen LogP contribution in [0.15, 0.2) is 30.3 Å². The van der Waals surface area contributed by atoms with Crippen molar-refractivity contribution in [3.63, 3.8) is 0 Å². The molecular weight excluding hydrogens is 212 g/mol. The number of nitrogens with two attached hydrogens (primary N) is 1. The maximum absolute atomic E-state index is 12.3. The summed E-state index contributed by atoms with van der Waals surface area (Å²) >= 11 is 0. The molecule has 1 aromatic carbocycles. The number of carbonyl (C=O) groups is 1. The maximum Gasteiger partial charge on any atom is 0.244 e. The topological polar surface area (TPSA) is 46.3 Å². The Morgan fingerprint density at radius 1 is 1.47 bits per heavy atom. The first-order chi connectivity index (χ1) is 8.24. The fraction of sp³-hybridized carbons (Fsp3) is 0.500. The molecule has 3 nitrogen and oxygen atoms in total. The van der Waals surface area contributed by atoms with Gasteiger partial charge in [0.1, 0.15) is 6.04 Å². The average molecular weight is 232 g/mol. The van der Waals surface area contributed by atoms with E-state index in [1.54, 1.807) is 0 Å². The van der Waals surface area contributed by atoms with Gasteiger partial charge in [0.05, 0.1) is 0 Å². The minimum atomic E-state index is -0.511. The Labute approximate surface area is 103 Å². The summed E-state index contributed by atoms with van der Waals surface area (Å²) in [6, 6.07) is 9.48. The van der Waals surface area contributed by atoms with Gasteiger partial charge in [-0.15, -0.1) is 0 Å². The Bertz CT molecular complexity index is 377. The van der Waals surface area contributed by atoms with Crippen LogP contribution in [0.1, 0.15) is 37.8 Å². The van der Waals surface area contributed by atoms with E-state index in [1.807, 2.05) is 35.2 Å². The maximum atomic E-state index is 12.3. The number of hydrogen-bond donors (Lipinski definition) is 1. The second-order valence-electron chi connectivity index (χ2n) is 4.62. The third kappa shape index (κ3) is 2.50. The predicted molar refractivity (Wildman–Crippen MR) is 68.4 cm³/mol. The third-order valence-corrected chi connectivity index (χ3v) is 3.56.